The third-order valence-corrected chi connectivity index (χ3v) is 3.96. The van der Waals surface area contributed by atoms with Gasteiger partial charge in [-0.15, -0.1) is 0 Å². The Balaban J connectivity index is 2.16. The zero-order chi connectivity index (χ0) is 17.4. The molecule has 0 saturated heterocycles. The molecule has 0 aliphatic carbocycles. The summed E-state index contributed by atoms with van der Waals surface area (Å²) < 4.78 is 5.46. The van der Waals surface area contributed by atoms with Crippen LogP contribution in [-0.2, 0) is 5.60 Å². The van der Waals surface area contributed by atoms with Gasteiger partial charge in [0.2, 0.25) is 0 Å². The molecule has 0 spiro atoms. The van der Waals surface area contributed by atoms with Gasteiger partial charge >= 0.3 is 0 Å². The van der Waals surface area contributed by atoms with Gasteiger partial charge in [0, 0.05) is 11.3 Å². The molecule has 2 rings (SSSR count). The molecule has 6 nitrogen and oxygen atoms in total. The van der Waals surface area contributed by atoms with Gasteiger partial charge in [-0.2, -0.15) is 5.10 Å². The lowest BCUT2D eigenvalue weighted by atomic mass is 9.96. The van der Waals surface area contributed by atoms with Crippen LogP contribution >= 0.6 is 0 Å². The Labute approximate surface area is 136 Å². The fraction of sp³-hybridized carbons (Fsp3) is 0.529. The Kier molecular flexibility index (Phi) is 4.66. The van der Waals surface area contributed by atoms with Crippen LogP contribution in [0.1, 0.15) is 65.5 Å². The Morgan fingerprint density at radius 1 is 1.43 bits per heavy atom. The molecule has 0 fully saturated rings. The molecule has 0 radical (unpaired) electrons. The number of hydrogen-bond acceptors (Lipinski definition) is 4. The number of H-pyrrole nitrogens is 1. The Morgan fingerprint density at radius 2 is 2.09 bits per heavy atom. The Bertz CT molecular complexity index is 711. The van der Waals surface area contributed by atoms with E-state index in [9.17, 15) is 9.90 Å². The second kappa shape index (κ2) is 6.20. The van der Waals surface area contributed by atoms with Crippen molar-refractivity contribution in [3.8, 4) is 0 Å². The highest BCUT2D eigenvalue weighted by molar-refractivity contribution is 5.96. The zero-order valence-electron chi connectivity index (χ0n) is 14.6. The molecule has 2 heterocycles. The highest BCUT2D eigenvalue weighted by atomic mass is 16.3. The average molecular weight is 319 g/mol. The van der Waals surface area contributed by atoms with Gasteiger partial charge in [-0.25, -0.2) is 0 Å². The molecular weight excluding hydrogens is 294 g/mol. The molecule has 2 aromatic rings. The molecule has 1 atom stereocenters. The van der Waals surface area contributed by atoms with Gasteiger partial charge in [0.25, 0.3) is 5.91 Å². The topological polar surface area (TPSA) is 91.1 Å². The minimum absolute atomic E-state index is 0.0911. The number of carbonyl (C=O) groups excluding carboxylic acids is 1. The van der Waals surface area contributed by atoms with Crippen molar-refractivity contribution in [2.24, 2.45) is 0 Å². The van der Waals surface area contributed by atoms with E-state index in [0.717, 1.165) is 17.1 Å². The molecule has 3 N–H and O–H groups in total. The standard InChI is InChI=1S/C17H25N3O3/c1-9(2)15-14(11(4)19-20-15)16(21)18-8-17(6,22)13-7-10(3)23-12(13)5/h7,9,22H,8H2,1-6H3,(H,18,21)(H,19,20). The van der Waals surface area contributed by atoms with Crippen LogP contribution in [-0.4, -0.2) is 27.8 Å². The lowest BCUT2D eigenvalue weighted by Gasteiger charge is -2.23. The first kappa shape index (κ1) is 17.3. The fourth-order valence-corrected chi connectivity index (χ4v) is 2.75. The first-order valence-corrected chi connectivity index (χ1v) is 7.76. The van der Waals surface area contributed by atoms with Crippen LogP contribution in [0.25, 0.3) is 0 Å². The molecule has 126 valence electrons. The highest BCUT2D eigenvalue weighted by Crippen LogP contribution is 2.27. The largest absolute Gasteiger partial charge is 0.466 e. The van der Waals surface area contributed by atoms with Crippen LogP contribution in [0, 0.1) is 20.8 Å². The zero-order valence-corrected chi connectivity index (χ0v) is 14.6. The number of furan rings is 1. The summed E-state index contributed by atoms with van der Waals surface area (Å²) in [7, 11) is 0. The molecule has 1 unspecified atom stereocenters. The first-order chi connectivity index (χ1) is 10.6. The van der Waals surface area contributed by atoms with Crippen LogP contribution in [0.4, 0.5) is 0 Å². The van der Waals surface area contributed by atoms with E-state index in [4.69, 9.17) is 4.42 Å². The summed E-state index contributed by atoms with van der Waals surface area (Å²) in [6, 6.07) is 1.80. The van der Waals surface area contributed by atoms with Gasteiger partial charge in [0.15, 0.2) is 0 Å². The second-order valence-electron chi connectivity index (χ2n) is 6.55. The van der Waals surface area contributed by atoms with E-state index in [-0.39, 0.29) is 18.4 Å². The number of carbonyl (C=O) groups is 1. The van der Waals surface area contributed by atoms with Crippen molar-refractivity contribution in [2.45, 2.75) is 53.1 Å². The summed E-state index contributed by atoms with van der Waals surface area (Å²) in [5.41, 5.74) is 1.49. The molecule has 1 amide bonds. The SMILES string of the molecule is Cc1cc(C(C)(O)CNC(=O)c2c(C(C)C)n[nH]c2C)c(C)o1. The molecule has 0 aliphatic rings. The smallest absolute Gasteiger partial charge is 0.255 e. The predicted octanol–water partition coefficient (Wildman–Crippen LogP) is 2.69. The van der Waals surface area contributed by atoms with E-state index in [1.807, 2.05) is 27.7 Å². The minimum atomic E-state index is -1.20. The number of aryl methyl sites for hydroxylation is 3. The maximum atomic E-state index is 12.5. The molecule has 0 aliphatic heterocycles. The van der Waals surface area contributed by atoms with Crippen LogP contribution < -0.4 is 5.32 Å². The molecule has 0 bridgehead atoms. The van der Waals surface area contributed by atoms with Crippen LogP contribution in [0.15, 0.2) is 10.5 Å². The third-order valence-electron chi connectivity index (χ3n) is 3.96. The van der Waals surface area contributed by atoms with E-state index < -0.39 is 5.60 Å². The molecule has 6 heteroatoms. The average Bonchev–Trinajstić information content (AvgIpc) is 2.99. The number of aromatic amines is 1. The number of amides is 1. The van der Waals surface area contributed by atoms with E-state index in [2.05, 4.69) is 15.5 Å². The van der Waals surface area contributed by atoms with E-state index in [1.165, 1.54) is 0 Å². The van der Waals surface area contributed by atoms with Gasteiger partial charge in [-0.1, -0.05) is 13.8 Å². The van der Waals surface area contributed by atoms with E-state index in [1.54, 1.807) is 19.9 Å². The molecule has 23 heavy (non-hydrogen) atoms. The predicted molar refractivity (Wildman–Crippen MR) is 87.5 cm³/mol. The minimum Gasteiger partial charge on any atom is -0.466 e. The molecule has 0 saturated carbocycles. The number of nitrogens with zero attached hydrogens (tertiary/aromatic N) is 1. The molecular formula is C17H25N3O3. The first-order valence-electron chi connectivity index (χ1n) is 7.76. The summed E-state index contributed by atoms with van der Waals surface area (Å²) >= 11 is 0. The number of hydrogen-bond donors (Lipinski definition) is 3. The lowest BCUT2D eigenvalue weighted by molar-refractivity contribution is 0.0513. The van der Waals surface area contributed by atoms with Crippen molar-refractivity contribution in [3.05, 3.63) is 40.1 Å². The summed E-state index contributed by atoms with van der Waals surface area (Å²) in [4.78, 5) is 12.5. The van der Waals surface area contributed by atoms with Gasteiger partial charge in [0.1, 0.15) is 17.1 Å². The van der Waals surface area contributed by atoms with Crippen molar-refractivity contribution >= 4 is 5.91 Å². The van der Waals surface area contributed by atoms with Crippen LogP contribution in [0.5, 0.6) is 0 Å². The van der Waals surface area contributed by atoms with Crippen molar-refractivity contribution in [3.63, 3.8) is 0 Å². The van der Waals surface area contributed by atoms with Crippen molar-refractivity contribution in [1.29, 1.82) is 0 Å². The monoisotopic (exact) mass is 319 g/mol. The van der Waals surface area contributed by atoms with Crippen molar-refractivity contribution in [1.82, 2.24) is 15.5 Å². The van der Waals surface area contributed by atoms with Gasteiger partial charge < -0.3 is 14.8 Å². The Morgan fingerprint density at radius 3 is 2.61 bits per heavy atom. The number of aromatic nitrogens is 2. The van der Waals surface area contributed by atoms with Gasteiger partial charge in [0.05, 0.1) is 17.8 Å². The number of aliphatic hydroxyl groups is 1. The quantitative estimate of drug-likeness (QED) is 0.790. The maximum absolute atomic E-state index is 12.5. The van der Waals surface area contributed by atoms with Crippen LogP contribution in [0.3, 0.4) is 0 Å². The lowest BCUT2D eigenvalue weighted by Crippen LogP contribution is -2.39. The van der Waals surface area contributed by atoms with E-state index in [0.29, 0.717) is 16.9 Å². The summed E-state index contributed by atoms with van der Waals surface area (Å²) in [5.74, 6) is 1.29. The van der Waals surface area contributed by atoms with E-state index >= 15 is 0 Å². The second-order valence-corrected chi connectivity index (χ2v) is 6.55. The number of rotatable bonds is 5. The summed E-state index contributed by atoms with van der Waals surface area (Å²) in [6.45, 7) is 11.2. The molecule has 0 aromatic carbocycles. The fourth-order valence-electron chi connectivity index (χ4n) is 2.75. The third kappa shape index (κ3) is 3.47. The van der Waals surface area contributed by atoms with Crippen molar-refractivity contribution in [2.75, 3.05) is 6.54 Å². The van der Waals surface area contributed by atoms with Crippen molar-refractivity contribution < 1.29 is 14.3 Å². The Hall–Kier alpha value is -2.08. The normalized spacial score (nSPS) is 14.1. The molecule has 2 aromatic heterocycles. The number of nitrogens with one attached hydrogen (secondary N) is 2. The maximum Gasteiger partial charge on any atom is 0.255 e. The summed E-state index contributed by atoms with van der Waals surface area (Å²) in [6.07, 6.45) is 0. The highest BCUT2D eigenvalue weighted by Gasteiger charge is 2.29. The van der Waals surface area contributed by atoms with Gasteiger partial charge in [-0.05, 0) is 39.7 Å². The van der Waals surface area contributed by atoms with Crippen LogP contribution in [0.2, 0.25) is 0 Å². The van der Waals surface area contributed by atoms with Gasteiger partial charge in [-0.3, -0.25) is 9.89 Å². The summed E-state index contributed by atoms with van der Waals surface area (Å²) in [5, 5.41) is 20.5.